The van der Waals surface area contributed by atoms with Gasteiger partial charge < -0.3 is 10.2 Å². The van der Waals surface area contributed by atoms with Crippen molar-refractivity contribution in [3.8, 4) is 0 Å². The van der Waals surface area contributed by atoms with Crippen LogP contribution in [0.15, 0.2) is 0 Å². The van der Waals surface area contributed by atoms with E-state index >= 15 is 0 Å². The Morgan fingerprint density at radius 2 is 2.00 bits per heavy atom. The number of hydrogen-bond donors (Lipinski definition) is 1. The van der Waals surface area contributed by atoms with Crippen LogP contribution < -0.4 is 5.32 Å². The van der Waals surface area contributed by atoms with Gasteiger partial charge in [0.1, 0.15) is 0 Å². The lowest BCUT2D eigenvalue weighted by atomic mass is 9.96. The minimum Gasteiger partial charge on any atom is -0.317 e. The van der Waals surface area contributed by atoms with Crippen LogP contribution in [0.3, 0.4) is 0 Å². The number of hydrogen-bond acceptors (Lipinski definition) is 2. The molecule has 2 heteroatoms. The van der Waals surface area contributed by atoms with Gasteiger partial charge in [-0.2, -0.15) is 0 Å². The maximum absolute atomic E-state index is 3.49. The number of nitrogens with zero attached hydrogens (tertiary/aromatic N) is 1. The van der Waals surface area contributed by atoms with Crippen molar-refractivity contribution in [3.05, 3.63) is 0 Å². The van der Waals surface area contributed by atoms with Gasteiger partial charge in [-0.3, -0.25) is 0 Å². The van der Waals surface area contributed by atoms with E-state index in [0.29, 0.717) is 0 Å². The van der Waals surface area contributed by atoms with Crippen molar-refractivity contribution >= 4 is 0 Å². The zero-order valence-electron chi connectivity index (χ0n) is 10.9. The fraction of sp³-hybridized carbons (Fsp3) is 1.00. The van der Waals surface area contributed by atoms with Crippen LogP contribution >= 0.6 is 0 Å². The first kappa shape index (κ1) is 13.0. The number of nitrogens with one attached hydrogen (secondary N) is 1. The first-order valence-corrected chi connectivity index (χ1v) is 6.59. The molecule has 1 heterocycles. The summed E-state index contributed by atoms with van der Waals surface area (Å²) >= 11 is 0. The highest BCUT2D eigenvalue weighted by Crippen LogP contribution is 2.20. The summed E-state index contributed by atoms with van der Waals surface area (Å²) in [5.74, 6) is 0.811. The third-order valence-electron chi connectivity index (χ3n) is 4.23. The van der Waals surface area contributed by atoms with Gasteiger partial charge in [0.25, 0.3) is 0 Å². The summed E-state index contributed by atoms with van der Waals surface area (Å²) in [6, 6.07) is 1.52. The summed E-state index contributed by atoms with van der Waals surface area (Å²) in [7, 11) is 2.31. The molecule has 0 aromatic rings. The first-order valence-electron chi connectivity index (χ1n) is 6.59. The quantitative estimate of drug-likeness (QED) is 0.770. The maximum atomic E-state index is 3.49. The van der Waals surface area contributed by atoms with Crippen LogP contribution in [0.4, 0.5) is 0 Å². The molecule has 0 saturated carbocycles. The number of rotatable bonds is 4. The van der Waals surface area contributed by atoms with E-state index in [9.17, 15) is 0 Å². The van der Waals surface area contributed by atoms with E-state index in [0.717, 1.165) is 18.0 Å². The summed E-state index contributed by atoms with van der Waals surface area (Å²) in [5, 5.41) is 3.49. The van der Waals surface area contributed by atoms with E-state index in [4.69, 9.17) is 0 Å². The Labute approximate surface area is 95.4 Å². The topological polar surface area (TPSA) is 15.3 Å². The molecule has 2 nitrogen and oxygen atoms in total. The largest absolute Gasteiger partial charge is 0.317 e. The van der Waals surface area contributed by atoms with Gasteiger partial charge in [-0.1, -0.05) is 20.3 Å². The molecule has 1 aliphatic heterocycles. The van der Waals surface area contributed by atoms with E-state index in [1.807, 2.05) is 0 Å². The van der Waals surface area contributed by atoms with Crippen molar-refractivity contribution in [1.29, 1.82) is 0 Å². The van der Waals surface area contributed by atoms with Gasteiger partial charge in [0.15, 0.2) is 0 Å². The van der Waals surface area contributed by atoms with Crippen LogP contribution in [0.5, 0.6) is 0 Å². The van der Waals surface area contributed by atoms with Crippen LogP contribution in [0.1, 0.15) is 46.5 Å². The van der Waals surface area contributed by atoms with Crippen LogP contribution in [0.25, 0.3) is 0 Å². The van der Waals surface area contributed by atoms with Crippen molar-refractivity contribution in [1.82, 2.24) is 10.2 Å². The van der Waals surface area contributed by atoms with Crippen molar-refractivity contribution in [2.75, 3.05) is 20.1 Å². The predicted octanol–water partition coefficient (Wildman–Crippen LogP) is 2.49. The second kappa shape index (κ2) is 6.49. The molecule has 0 aromatic heterocycles. The van der Waals surface area contributed by atoms with E-state index in [-0.39, 0.29) is 0 Å². The molecule has 1 rings (SSSR count). The lowest BCUT2D eigenvalue weighted by Crippen LogP contribution is -2.42. The van der Waals surface area contributed by atoms with Gasteiger partial charge in [0, 0.05) is 12.1 Å². The lowest BCUT2D eigenvalue weighted by molar-refractivity contribution is 0.130. The highest BCUT2D eigenvalue weighted by Gasteiger charge is 2.23. The van der Waals surface area contributed by atoms with E-state index in [1.165, 1.54) is 38.8 Å². The average molecular weight is 212 g/mol. The Morgan fingerprint density at radius 1 is 1.27 bits per heavy atom. The molecule has 0 bridgehead atoms. The summed E-state index contributed by atoms with van der Waals surface area (Å²) in [6.07, 6.45) is 5.31. The molecule has 15 heavy (non-hydrogen) atoms. The Bertz CT molecular complexity index is 162. The van der Waals surface area contributed by atoms with Crippen molar-refractivity contribution in [3.63, 3.8) is 0 Å². The summed E-state index contributed by atoms with van der Waals surface area (Å²) in [6.45, 7) is 9.45. The summed E-state index contributed by atoms with van der Waals surface area (Å²) in [5.41, 5.74) is 0. The monoisotopic (exact) mass is 212 g/mol. The zero-order valence-corrected chi connectivity index (χ0v) is 10.9. The molecule has 3 atom stereocenters. The van der Waals surface area contributed by atoms with Gasteiger partial charge in [-0.05, 0) is 52.2 Å². The summed E-state index contributed by atoms with van der Waals surface area (Å²) < 4.78 is 0. The minimum atomic E-state index is 0.720. The Balaban J connectivity index is 2.45. The molecular formula is C13H28N2. The standard InChI is InChI=1S/C13H28N2/c1-5-11(2)12(3)15(4)13-7-6-9-14-10-8-13/h11-14H,5-10H2,1-4H3. The summed E-state index contributed by atoms with van der Waals surface area (Å²) in [4.78, 5) is 2.61. The van der Waals surface area contributed by atoms with E-state index in [2.05, 4.69) is 38.0 Å². The minimum absolute atomic E-state index is 0.720. The highest BCUT2D eigenvalue weighted by atomic mass is 15.2. The Kier molecular flexibility index (Phi) is 5.62. The van der Waals surface area contributed by atoms with Gasteiger partial charge >= 0.3 is 0 Å². The molecular weight excluding hydrogens is 184 g/mol. The zero-order chi connectivity index (χ0) is 11.3. The van der Waals surface area contributed by atoms with Crippen LogP contribution in [-0.2, 0) is 0 Å². The van der Waals surface area contributed by atoms with Crippen LogP contribution in [0, 0.1) is 5.92 Å². The third kappa shape index (κ3) is 3.76. The normalized spacial score (nSPS) is 27.4. The van der Waals surface area contributed by atoms with Gasteiger partial charge in [0.05, 0.1) is 0 Å². The van der Waals surface area contributed by atoms with E-state index < -0.39 is 0 Å². The lowest BCUT2D eigenvalue weighted by Gasteiger charge is -2.35. The fourth-order valence-corrected chi connectivity index (χ4v) is 2.48. The SMILES string of the molecule is CCC(C)C(C)N(C)C1CCCNCC1. The third-order valence-corrected chi connectivity index (χ3v) is 4.23. The molecule has 90 valence electrons. The molecule has 1 aliphatic rings. The molecule has 3 unspecified atom stereocenters. The van der Waals surface area contributed by atoms with Crippen molar-refractivity contribution < 1.29 is 0 Å². The highest BCUT2D eigenvalue weighted by molar-refractivity contribution is 4.79. The molecule has 1 saturated heterocycles. The molecule has 0 radical (unpaired) electrons. The van der Waals surface area contributed by atoms with Gasteiger partial charge in [-0.25, -0.2) is 0 Å². The van der Waals surface area contributed by atoms with Crippen LogP contribution in [0.2, 0.25) is 0 Å². The molecule has 0 amide bonds. The fourth-order valence-electron chi connectivity index (χ4n) is 2.48. The average Bonchev–Trinajstić information content (AvgIpc) is 2.54. The molecule has 0 spiro atoms. The van der Waals surface area contributed by atoms with Crippen molar-refractivity contribution in [2.24, 2.45) is 5.92 Å². The van der Waals surface area contributed by atoms with E-state index in [1.54, 1.807) is 0 Å². The molecule has 1 fully saturated rings. The molecule has 1 N–H and O–H groups in total. The first-order chi connectivity index (χ1) is 7.16. The second-order valence-corrected chi connectivity index (χ2v) is 5.13. The van der Waals surface area contributed by atoms with Crippen LogP contribution in [-0.4, -0.2) is 37.1 Å². The second-order valence-electron chi connectivity index (χ2n) is 5.13. The van der Waals surface area contributed by atoms with Gasteiger partial charge in [0.2, 0.25) is 0 Å². The Morgan fingerprint density at radius 3 is 2.67 bits per heavy atom. The molecule has 0 aromatic carbocycles. The van der Waals surface area contributed by atoms with Crippen molar-refractivity contribution in [2.45, 2.75) is 58.5 Å². The predicted molar refractivity (Wildman–Crippen MR) is 67.2 cm³/mol. The molecule has 0 aliphatic carbocycles. The smallest absolute Gasteiger partial charge is 0.0108 e. The maximum Gasteiger partial charge on any atom is 0.0108 e. The Hall–Kier alpha value is -0.0800. The van der Waals surface area contributed by atoms with Gasteiger partial charge in [-0.15, -0.1) is 0 Å².